The quantitative estimate of drug-likeness (QED) is 0.521. The Morgan fingerprint density at radius 3 is 2.46 bits per heavy atom. The van der Waals surface area contributed by atoms with Crippen molar-refractivity contribution in [3.63, 3.8) is 0 Å². The van der Waals surface area contributed by atoms with E-state index in [0.29, 0.717) is 25.2 Å². The second-order valence-corrected chi connectivity index (χ2v) is 9.00. The average Bonchev–Trinajstić information content (AvgIpc) is 2.61. The van der Waals surface area contributed by atoms with Gasteiger partial charge >= 0.3 is 0 Å². The maximum absolute atomic E-state index is 10.3. The predicted octanol–water partition coefficient (Wildman–Crippen LogP) is 5.04. The molecule has 28 heavy (non-hydrogen) atoms. The van der Waals surface area contributed by atoms with Crippen LogP contribution in [0.1, 0.15) is 76.8 Å². The first-order valence-electron chi connectivity index (χ1n) is 10.8. The number of hydrogen-bond acceptors (Lipinski definition) is 3. The molecule has 2 rings (SSSR count). The summed E-state index contributed by atoms with van der Waals surface area (Å²) in [4.78, 5) is 0. The van der Waals surface area contributed by atoms with Gasteiger partial charge in [0.05, 0.1) is 17.8 Å². The van der Waals surface area contributed by atoms with Crippen molar-refractivity contribution in [2.45, 2.75) is 89.9 Å². The van der Waals surface area contributed by atoms with Gasteiger partial charge in [-0.3, -0.25) is 0 Å². The van der Waals surface area contributed by atoms with Crippen LogP contribution in [-0.2, 0) is 12.0 Å². The van der Waals surface area contributed by atoms with Gasteiger partial charge in [-0.1, -0.05) is 61.4 Å². The molecule has 0 radical (unpaired) electrons. The van der Waals surface area contributed by atoms with Crippen molar-refractivity contribution in [1.29, 1.82) is 0 Å². The molecule has 0 bridgehead atoms. The van der Waals surface area contributed by atoms with Gasteiger partial charge in [0.15, 0.2) is 0 Å². The molecule has 1 aliphatic rings. The molecule has 3 heteroatoms. The van der Waals surface area contributed by atoms with E-state index in [2.05, 4.69) is 37.3 Å². The number of unbranched alkanes of at least 4 members (excludes halogenated alkanes) is 1. The van der Waals surface area contributed by atoms with E-state index >= 15 is 0 Å². The van der Waals surface area contributed by atoms with Gasteiger partial charge in [-0.15, -0.1) is 0 Å². The standard InChI is InChI=1S/C25H38O3/c1-19(14-15-21-12-8-9-13-24(21)25(2,3)28)10-6-4-5-7-11-20-16-22(26)18-23(27)17-20/h5,7-9,11-13,19,22-23,26-28H,4,6,10,14-18H2,1-3H3/b7-5+/t19-,22-,23-/m1/s1. The monoisotopic (exact) mass is 386 g/mol. The fourth-order valence-electron chi connectivity index (χ4n) is 4.07. The Morgan fingerprint density at radius 1 is 1.11 bits per heavy atom. The lowest BCUT2D eigenvalue weighted by Gasteiger charge is -2.24. The summed E-state index contributed by atoms with van der Waals surface area (Å²) in [6.07, 6.45) is 13.0. The topological polar surface area (TPSA) is 60.7 Å². The molecule has 1 saturated carbocycles. The second-order valence-electron chi connectivity index (χ2n) is 9.00. The normalized spacial score (nSPS) is 21.9. The lowest BCUT2D eigenvalue weighted by molar-refractivity contribution is 0.0609. The highest BCUT2D eigenvalue weighted by molar-refractivity contribution is 5.31. The number of rotatable bonds is 9. The van der Waals surface area contributed by atoms with Crippen molar-refractivity contribution in [1.82, 2.24) is 0 Å². The number of hydrogen-bond donors (Lipinski definition) is 3. The summed E-state index contributed by atoms with van der Waals surface area (Å²) in [6, 6.07) is 8.22. The van der Waals surface area contributed by atoms with Gasteiger partial charge in [0, 0.05) is 0 Å². The van der Waals surface area contributed by atoms with Gasteiger partial charge in [-0.05, 0) is 75.8 Å². The van der Waals surface area contributed by atoms with Crippen LogP contribution in [0.5, 0.6) is 0 Å². The molecule has 0 spiro atoms. The minimum absolute atomic E-state index is 0.397. The van der Waals surface area contributed by atoms with E-state index in [9.17, 15) is 15.3 Å². The van der Waals surface area contributed by atoms with Crippen LogP contribution in [0.3, 0.4) is 0 Å². The molecule has 0 heterocycles. The zero-order valence-corrected chi connectivity index (χ0v) is 17.8. The average molecular weight is 387 g/mol. The van der Waals surface area contributed by atoms with Crippen molar-refractivity contribution >= 4 is 0 Å². The fraction of sp³-hybridized carbons (Fsp3) is 0.600. The van der Waals surface area contributed by atoms with Crippen LogP contribution in [0.15, 0.2) is 48.1 Å². The molecule has 0 saturated heterocycles. The molecule has 0 aliphatic heterocycles. The van der Waals surface area contributed by atoms with Crippen LogP contribution >= 0.6 is 0 Å². The minimum atomic E-state index is -0.788. The third-order valence-electron chi connectivity index (χ3n) is 5.66. The second kappa shape index (κ2) is 10.9. The van der Waals surface area contributed by atoms with Crippen molar-refractivity contribution in [2.24, 2.45) is 5.92 Å². The number of aryl methyl sites for hydroxylation is 1. The van der Waals surface area contributed by atoms with Crippen LogP contribution in [0.4, 0.5) is 0 Å². The van der Waals surface area contributed by atoms with E-state index in [0.717, 1.165) is 30.4 Å². The van der Waals surface area contributed by atoms with Gasteiger partial charge in [0.25, 0.3) is 0 Å². The first-order valence-corrected chi connectivity index (χ1v) is 10.8. The number of benzene rings is 1. The smallest absolute Gasteiger partial charge is 0.0843 e. The van der Waals surface area contributed by atoms with E-state index in [1.54, 1.807) is 0 Å². The SMILES string of the molecule is C[C@H](CCC/C=C/C=C1C[C@@H](O)C[C@H](O)C1)CCc1ccccc1C(C)(C)O. The molecule has 156 valence electrons. The number of allylic oxidation sites excluding steroid dienone is 3. The Balaban J connectivity index is 1.69. The molecule has 0 unspecified atom stereocenters. The molecular weight excluding hydrogens is 348 g/mol. The number of aliphatic hydroxyl groups is 3. The Labute approximate surface area is 170 Å². The molecular formula is C25H38O3. The molecule has 0 amide bonds. The first kappa shape index (κ1) is 22.9. The van der Waals surface area contributed by atoms with Crippen LogP contribution < -0.4 is 0 Å². The van der Waals surface area contributed by atoms with Gasteiger partial charge in [0.1, 0.15) is 0 Å². The van der Waals surface area contributed by atoms with Crippen molar-refractivity contribution in [3.05, 3.63) is 59.2 Å². The van der Waals surface area contributed by atoms with Gasteiger partial charge < -0.3 is 15.3 Å². The third kappa shape index (κ3) is 7.90. The summed E-state index contributed by atoms with van der Waals surface area (Å²) in [6.45, 7) is 6.01. The van der Waals surface area contributed by atoms with Crippen molar-refractivity contribution in [3.8, 4) is 0 Å². The van der Waals surface area contributed by atoms with Crippen molar-refractivity contribution < 1.29 is 15.3 Å². The molecule has 3 atom stereocenters. The summed E-state index contributed by atoms with van der Waals surface area (Å²) in [7, 11) is 0. The van der Waals surface area contributed by atoms with Gasteiger partial charge in [-0.25, -0.2) is 0 Å². The van der Waals surface area contributed by atoms with Gasteiger partial charge in [-0.2, -0.15) is 0 Å². The van der Waals surface area contributed by atoms with E-state index in [1.807, 2.05) is 26.0 Å². The summed E-state index contributed by atoms with van der Waals surface area (Å²) in [5.41, 5.74) is 2.64. The zero-order chi connectivity index (χ0) is 20.6. The third-order valence-corrected chi connectivity index (χ3v) is 5.66. The van der Waals surface area contributed by atoms with E-state index in [1.165, 1.54) is 18.4 Å². The van der Waals surface area contributed by atoms with E-state index < -0.39 is 17.8 Å². The molecule has 1 aliphatic carbocycles. The molecule has 1 aromatic carbocycles. The Morgan fingerprint density at radius 2 is 1.79 bits per heavy atom. The minimum Gasteiger partial charge on any atom is -0.393 e. The predicted molar refractivity (Wildman–Crippen MR) is 116 cm³/mol. The maximum atomic E-state index is 10.3. The highest BCUT2D eigenvalue weighted by atomic mass is 16.3. The zero-order valence-electron chi connectivity index (χ0n) is 17.8. The maximum Gasteiger partial charge on any atom is 0.0843 e. The van der Waals surface area contributed by atoms with Crippen LogP contribution in [-0.4, -0.2) is 27.5 Å². The lowest BCUT2D eigenvalue weighted by atomic mass is 9.88. The Bertz CT molecular complexity index is 642. The van der Waals surface area contributed by atoms with E-state index in [-0.39, 0.29) is 0 Å². The Hall–Kier alpha value is -1.42. The first-order chi connectivity index (χ1) is 13.3. The van der Waals surface area contributed by atoms with Gasteiger partial charge in [0.2, 0.25) is 0 Å². The summed E-state index contributed by atoms with van der Waals surface area (Å²) in [5, 5.41) is 29.8. The lowest BCUT2D eigenvalue weighted by Crippen LogP contribution is -2.24. The number of aliphatic hydroxyl groups excluding tert-OH is 2. The molecule has 1 fully saturated rings. The summed E-state index contributed by atoms with van der Waals surface area (Å²) >= 11 is 0. The largest absolute Gasteiger partial charge is 0.393 e. The van der Waals surface area contributed by atoms with Crippen LogP contribution in [0, 0.1) is 5.92 Å². The molecule has 3 N–H and O–H groups in total. The highest BCUT2D eigenvalue weighted by Gasteiger charge is 2.21. The van der Waals surface area contributed by atoms with Crippen LogP contribution in [0.2, 0.25) is 0 Å². The van der Waals surface area contributed by atoms with Crippen LogP contribution in [0.25, 0.3) is 0 Å². The van der Waals surface area contributed by atoms with Crippen molar-refractivity contribution in [2.75, 3.05) is 0 Å². The summed E-state index contributed by atoms with van der Waals surface area (Å²) in [5.74, 6) is 0.658. The molecule has 1 aromatic rings. The molecule has 0 aromatic heterocycles. The summed E-state index contributed by atoms with van der Waals surface area (Å²) < 4.78 is 0. The van der Waals surface area contributed by atoms with E-state index in [4.69, 9.17) is 0 Å². The molecule has 3 nitrogen and oxygen atoms in total. The fourth-order valence-corrected chi connectivity index (χ4v) is 4.07. The highest BCUT2D eigenvalue weighted by Crippen LogP contribution is 2.26. The Kier molecular flexibility index (Phi) is 8.94.